The summed E-state index contributed by atoms with van der Waals surface area (Å²) >= 11 is 0. The second kappa shape index (κ2) is 8.37. The topological polar surface area (TPSA) is 68.8 Å². The molecule has 8 heteroatoms. The molecular weight excluding hydrogens is 431 g/mol. The molecule has 1 fully saturated rings. The quantitative estimate of drug-likeness (QED) is 0.403. The summed E-state index contributed by atoms with van der Waals surface area (Å²) in [6.45, 7) is 1.80. The number of rotatable bonds is 4. The Morgan fingerprint density at radius 2 is 1.74 bits per heavy atom. The summed E-state index contributed by atoms with van der Waals surface area (Å²) in [5.41, 5.74) is 2.40. The Labute approximate surface area is 195 Å². The number of para-hydroxylation sites is 1. The van der Waals surface area contributed by atoms with Gasteiger partial charge in [-0.1, -0.05) is 41.6 Å². The van der Waals surface area contributed by atoms with Crippen LogP contribution in [0.15, 0.2) is 73.1 Å². The Kier molecular flexibility index (Phi) is 5.05. The van der Waals surface area contributed by atoms with E-state index in [9.17, 15) is 9.18 Å². The maximum Gasteiger partial charge on any atom is 0.254 e. The summed E-state index contributed by atoms with van der Waals surface area (Å²) in [5, 5.41) is 9.67. The minimum atomic E-state index is -0.308. The van der Waals surface area contributed by atoms with E-state index < -0.39 is 0 Å². The normalized spacial score (nSPS) is 14.8. The molecule has 1 aliphatic rings. The van der Waals surface area contributed by atoms with E-state index in [1.165, 1.54) is 6.07 Å². The highest BCUT2D eigenvalue weighted by Gasteiger charge is 2.28. The first-order chi connectivity index (χ1) is 16.7. The standard InChI is InChI=1S/C26H23FN6O/c27-22-10-9-21(19-5-1-2-6-20(19)22)26(34)31-14-11-18(12-15-31)25-28-13-16-32(25)17-33-24-8-4-3-7-23(24)29-30-33/h1-10,13,16,18H,11-12,14-15,17H2. The van der Waals surface area contributed by atoms with Gasteiger partial charge in [-0.25, -0.2) is 14.1 Å². The van der Waals surface area contributed by atoms with E-state index in [4.69, 9.17) is 0 Å². The molecule has 6 rings (SSSR count). The smallest absolute Gasteiger partial charge is 0.254 e. The van der Waals surface area contributed by atoms with Crippen LogP contribution in [0, 0.1) is 5.82 Å². The van der Waals surface area contributed by atoms with Crippen LogP contribution in [0.5, 0.6) is 0 Å². The van der Waals surface area contributed by atoms with Crippen molar-refractivity contribution >= 4 is 27.7 Å². The highest BCUT2D eigenvalue weighted by Crippen LogP contribution is 2.29. The van der Waals surface area contributed by atoms with E-state index in [-0.39, 0.29) is 17.6 Å². The average Bonchev–Trinajstić information content (AvgIpc) is 3.52. The van der Waals surface area contributed by atoms with Crippen molar-refractivity contribution in [1.29, 1.82) is 0 Å². The molecule has 1 aliphatic heterocycles. The number of piperidine rings is 1. The summed E-state index contributed by atoms with van der Waals surface area (Å²) in [4.78, 5) is 19.8. The van der Waals surface area contributed by atoms with Crippen molar-refractivity contribution in [2.75, 3.05) is 13.1 Å². The molecule has 1 saturated heterocycles. The highest BCUT2D eigenvalue weighted by molar-refractivity contribution is 6.07. The lowest BCUT2D eigenvalue weighted by atomic mass is 9.94. The van der Waals surface area contributed by atoms with Gasteiger partial charge in [0.1, 0.15) is 23.8 Å². The number of likely N-dealkylation sites (tertiary alicyclic amines) is 1. The van der Waals surface area contributed by atoms with Gasteiger partial charge >= 0.3 is 0 Å². The SMILES string of the molecule is O=C(c1ccc(F)c2ccccc12)N1CCC(c2nccn2Cn2nnc3ccccc32)CC1. The number of carbonyl (C=O) groups is 1. The Bertz CT molecular complexity index is 1500. The Hall–Kier alpha value is -4.07. The third kappa shape index (κ3) is 3.51. The lowest BCUT2D eigenvalue weighted by Crippen LogP contribution is -2.38. The fraction of sp³-hybridized carbons (Fsp3) is 0.231. The van der Waals surface area contributed by atoms with Crippen molar-refractivity contribution in [1.82, 2.24) is 29.4 Å². The summed E-state index contributed by atoms with van der Waals surface area (Å²) in [6, 6.07) is 18.0. The lowest BCUT2D eigenvalue weighted by molar-refractivity contribution is 0.0712. The minimum absolute atomic E-state index is 0.0490. The predicted octanol–water partition coefficient (Wildman–Crippen LogP) is 4.45. The molecule has 0 saturated carbocycles. The Morgan fingerprint density at radius 3 is 2.59 bits per heavy atom. The van der Waals surface area contributed by atoms with Crippen LogP contribution in [0.1, 0.15) is 34.9 Å². The van der Waals surface area contributed by atoms with Crippen LogP contribution in [0.25, 0.3) is 21.8 Å². The molecule has 0 unspecified atom stereocenters. The second-order valence-corrected chi connectivity index (χ2v) is 8.68. The number of nitrogens with zero attached hydrogens (tertiary/aromatic N) is 6. The zero-order chi connectivity index (χ0) is 23.1. The maximum atomic E-state index is 14.2. The van der Waals surface area contributed by atoms with Gasteiger partial charge in [0.05, 0.1) is 5.52 Å². The number of fused-ring (bicyclic) bond motifs is 2. The molecule has 0 atom stereocenters. The van der Waals surface area contributed by atoms with Gasteiger partial charge < -0.3 is 9.47 Å². The zero-order valence-corrected chi connectivity index (χ0v) is 18.5. The summed E-state index contributed by atoms with van der Waals surface area (Å²) < 4.78 is 18.2. The van der Waals surface area contributed by atoms with E-state index >= 15 is 0 Å². The van der Waals surface area contributed by atoms with Gasteiger partial charge in [0, 0.05) is 42.4 Å². The van der Waals surface area contributed by atoms with Crippen LogP contribution in [0.4, 0.5) is 4.39 Å². The molecule has 3 heterocycles. The van der Waals surface area contributed by atoms with Crippen molar-refractivity contribution in [3.63, 3.8) is 0 Å². The van der Waals surface area contributed by atoms with Crippen LogP contribution in [0.2, 0.25) is 0 Å². The molecule has 1 amide bonds. The predicted molar refractivity (Wildman–Crippen MR) is 127 cm³/mol. The summed E-state index contributed by atoms with van der Waals surface area (Å²) in [5.74, 6) is 0.891. The van der Waals surface area contributed by atoms with Crippen LogP contribution >= 0.6 is 0 Å². The zero-order valence-electron chi connectivity index (χ0n) is 18.5. The molecule has 7 nitrogen and oxygen atoms in total. The van der Waals surface area contributed by atoms with Gasteiger partial charge in [-0.05, 0) is 42.5 Å². The van der Waals surface area contributed by atoms with E-state index in [2.05, 4.69) is 19.9 Å². The minimum Gasteiger partial charge on any atom is -0.339 e. The Balaban J connectivity index is 1.18. The van der Waals surface area contributed by atoms with Gasteiger partial charge in [-0.3, -0.25) is 4.79 Å². The lowest BCUT2D eigenvalue weighted by Gasteiger charge is -2.32. The first kappa shape index (κ1) is 20.5. The molecule has 0 aliphatic carbocycles. The van der Waals surface area contributed by atoms with Crippen LogP contribution in [-0.2, 0) is 6.67 Å². The van der Waals surface area contributed by atoms with Crippen LogP contribution in [-0.4, -0.2) is 48.4 Å². The van der Waals surface area contributed by atoms with Crippen molar-refractivity contribution in [3.8, 4) is 0 Å². The first-order valence-corrected chi connectivity index (χ1v) is 11.4. The first-order valence-electron chi connectivity index (χ1n) is 11.4. The van der Waals surface area contributed by atoms with Gasteiger partial charge in [0.25, 0.3) is 5.91 Å². The number of carbonyl (C=O) groups excluding carboxylic acids is 1. The molecular formula is C26H23FN6O. The number of halogens is 1. The fourth-order valence-electron chi connectivity index (χ4n) is 4.93. The van der Waals surface area contributed by atoms with Gasteiger partial charge in [-0.15, -0.1) is 5.10 Å². The van der Waals surface area contributed by atoms with E-state index in [0.29, 0.717) is 36.1 Å². The van der Waals surface area contributed by atoms with Gasteiger partial charge in [0.15, 0.2) is 0 Å². The van der Waals surface area contributed by atoms with Crippen LogP contribution in [0.3, 0.4) is 0 Å². The highest BCUT2D eigenvalue weighted by atomic mass is 19.1. The summed E-state index contributed by atoms with van der Waals surface area (Å²) in [7, 11) is 0. The maximum absolute atomic E-state index is 14.2. The molecule has 0 spiro atoms. The third-order valence-electron chi connectivity index (χ3n) is 6.70. The molecule has 3 aromatic carbocycles. The number of amides is 1. The van der Waals surface area contributed by atoms with E-state index in [0.717, 1.165) is 29.7 Å². The summed E-state index contributed by atoms with van der Waals surface area (Å²) in [6.07, 6.45) is 5.42. The van der Waals surface area contributed by atoms with Crippen molar-refractivity contribution in [2.24, 2.45) is 0 Å². The van der Waals surface area contributed by atoms with Crippen molar-refractivity contribution in [2.45, 2.75) is 25.4 Å². The number of benzene rings is 3. The molecule has 0 radical (unpaired) electrons. The second-order valence-electron chi connectivity index (χ2n) is 8.68. The average molecular weight is 455 g/mol. The number of imidazole rings is 1. The fourth-order valence-corrected chi connectivity index (χ4v) is 4.93. The van der Waals surface area contributed by atoms with Gasteiger partial charge in [0.2, 0.25) is 0 Å². The molecule has 2 aromatic heterocycles. The molecule has 170 valence electrons. The van der Waals surface area contributed by atoms with E-state index in [1.807, 2.05) is 58.4 Å². The largest absolute Gasteiger partial charge is 0.339 e. The number of hydrogen-bond acceptors (Lipinski definition) is 4. The monoisotopic (exact) mass is 454 g/mol. The molecule has 0 N–H and O–H groups in total. The van der Waals surface area contributed by atoms with Crippen molar-refractivity contribution < 1.29 is 9.18 Å². The molecule has 34 heavy (non-hydrogen) atoms. The van der Waals surface area contributed by atoms with Crippen LogP contribution < -0.4 is 0 Å². The number of aromatic nitrogens is 5. The van der Waals surface area contributed by atoms with Crippen molar-refractivity contribution in [3.05, 3.63) is 90.3 Å². The molecule has 0 bridgehead atoms. The third-order valence-corrected chi connectivity index (χ3v) is 6.70. The number of hydrogen-bond donors (Lipinski definition) is 0. The molecule has 5 aromatic rings. The van der Waals surface area contributed by atoms with E-state index in [1.54, 1.807) is 18.2 Å². The Morgan fingerprint density at radius 1 is 0.971 bits per heavy atom. The van der Waals surface area contributed by atoms with Gasteiger partial charge in [-0.2, -0.15) is 0 Å².